The highest BCUT2D eigenvalue weighted by atomic mass is 16.5. The molecule has 2 unspecified atom stereocenters. The summed E-state index contributed by atoms with van der Waals surface area (Å²) < 4.78 is 6.06. The molecule has 1 aliphatic carbocycles. The Labute approximate surface area is 104 Å². The van der Waals surface area contributed by atoms with Gasteiger partial charge < -0.3 is 10.5 Å². The van der Waals surface area contributed by atoms with Crippen molar-refractivity contribution >= 4 is 0 Å². The second kappa shape index (κ2) is 6.06. The van der Waals surface area contributed by atoms with Gasteiger partial charge in [0.1, 0.15) is 11.9 Å². The van der Waals surface area contributed by atoms with Gasteiger partial charge in [-0.3, -0.25) is 0 Å². The summed E-state index contributed by atoms with van der Waals surface area (Å²) in [4.78, 5) is 0. The second-order valence-corrected chi connectivity index (χ2v) is 5.13. The fourth-order valence-corrected chi connectivity index (χ4v) is 2.49. The van der Waals surface area contributed by atoms with E-state index in [1.165, 1.54) is 31.2 Å². The van der Waals surface area contributed by atoms with E-state index in [2.05, 4.69) is 19.1 Å². The number of benzene rings is 1. The molecule has 0 saturated heterocycles. The zero-order chi connectivity index (χ0) is 12.1. The molecule has 0 spiro atoms. The van der Waals surface area contributed by atoms with Gasteiger partial charge in [-0.15, -0.1) is 0 Å². The van der Waals surface area contributed by atoms with E-state index in [9.17, 15) is 0 Å². The molecule has 1 fully saturated rings. The van der Waals surface area contributed by atoms with Crippen molar-refractivity contribution in [1.82, 2.24) is 0 Å². The lowest BCUT2D eigenvalue weighted by atomic mass is 9.95. The van der Waals surface area contributed by atoms with Crippen LogP contribution in [-0.4, -0.2) is 12.1 Å². The van der Waals surface area contributed by atoms with Gasteiger partial charge in [0.25, 0.3) is 0 Å². The standard InChI is InChI=1S/C15H23NO/c1-12-7-6-8-13(11-12)17-15-10-5-3-2-4-9-14(15)16/h6-8,11,14-15H,2-5,9-10,16H2,1H3. The Hall–Kier alpha value is -1.02. The molecule has 2 atom stereocenters. The fraction of sp³-hybridized carbons (Fsp3) is 0.600. The lowest BCUT2D eigenvalue weighted by molar-refractivity contribution is 0.145. The van der Waals surface area contributed by atoms with E-state index >= 15 is 0 Å². The summed E-state index contributed by atoms with van der Waals surface area (Å²) in [6.45, 7) is 2.09. The molecule has 17 heavy (non-hydrogen) atoms. The minimum atomic E-state index is 0.191. The summed E-state index contributed by atoms with van der Waals surface area (Å²) in [6.07, 6.45) is 7.51. The maximum atomic E-state index is 6.21. The van der Waals surface area contributed by atoms with Gasteiger partial charge in [0.05, 0.1) is 0 Å². The summed E-state index contributed by atoms with van der Waals surface area (Å²) in [5, 5.41) is 0. The Bertz CT molecular complexity index is 351. The van der Waals surface area contributed by atoms with Crippen molar-refractivity contribution in [2.24, 2.45) is 5.73 Å². The maximum absolute atomic E-state index is 6.21. The summed E-state index contributed by atoms with van der Waals surface area (Å²) in [5.74, 6) is 0.964. The number of hydrogen-bond donors (Lipinski definition) is 1. The number of nitrogens with two attached hydrogens (primary N) is 1. The first-order valence-corrected chi connectivity index (χ1v) is 6.74. The molecule has 2 rings (SSSR count). The lowest BCUT2D eigenvalue weighted by Gasteiger charge is -2.27. The first kappa shape index (κ1) is 12.4. The highest BCUT2D eigenvalue weighted by molar-refractivity contribution is 5.27. The Morgan fingerprint density at radius 2 is 1.88 bits per heavy atom. The van der Waals surface area contributed by atoms with Crippen LogP contribution in [0.2, 0.25) is 0 Å². The van der Waals surface area contributed by atoms with E-state index in [1.54, 1.807) is 0 Å². The first-order valence-electron chi connectivity index (χ1n) is 6.74. The van der Waals surface area contributed by atoms with Crippen LogP contribution in [0.1, 0.15) is 44.1 Å². The average Bonchev–Trinajstić information content (AvgIpc) is 2.29. The third-order valence-electron chi connectivity index (χ3n) is 3.53. The largest absolute Gasteiger partial charge is 0.489 e. The quantitative estimate of drug-likeness (QED) is 0.849. The molecule has 0 aromatic heterocycles. The number of hydrogen-bond acceptors (Lipinski definition) is 2. The predicted molar refractivity (Wildman–Crippen MR) is 71.3 cm³/mol. The van der Waals surface area contributed by atoms with Gasteiger partial charge in [0.2, 0.25) is 0 Å². The van der Waals surface area contributed by atoms with Crippen LogP contribution in [-0.2, 0) is 0 Å². The van der Waals surface area contributed by atoms with E-state index in [4.69, 9.17) is 10.5 Å². The van der Waals surface area contributed by atoms with Crippen LogP contribution < -0.4 is 10.5 Å². The van der Waals surface area contributed by atoms with Crippen LogP contribution in [0.3, 0.4) is 0 Å². The van der Waals surface area contributed by atoms with Crippen LogP contribution in [0.25, 0.3) is 0 Å². The van der Waals surface area contributed by atoms with Crippen molar-refractivity contribution in [3.63, 3.8) is 0 Å². The third kappa shape index (κ3) is 3.74. The summed E-state index contributed by atoms with van der Waals surface area (Å²) in [6, 6.07) is 8.43. The van der Waals surface area contributed by atoms with E-state index in [0.29, 0.717) is 0 Å². The molecular formula is C15H23NO. The molecule has 0 bridgehead atoms. The number of ether oxygens (including phenoxy) is 1. The van der Waals surface area contributed by atoms with Gasteiger partial charge in [-0.25, -0.2) is 0 Å². The van der Waals surface area contributed by atoms with Crippen LogP contribution in [0, 0.1) is 6.92 Å². The third-order valence-corrected chi connectivity index (χ3v) is 3.53. The van der Waals surface area contributed by atoms with Gasteiger partial charge in [-0.1, -0.05) is 31.4 Å². The molecule has 0 radical (unpaired) electrons. The fourth-order valence-electron chi connectivity index (χ4n) is 2.49. The number of aryl methyl sites for hydroxylation is 1. The molecule has 1 aromatic rings. The van der Waals surface area contributed by atoms with Gasteiger partial charge in [0.15, 0.2) is 0 Å². The van der Waals surface area contributed by atoms with Crippen molar-refractivity contribution in [2.45, 2.75) is 57.6 Å². The van der Waals surface area contributed by atoms with Crippen LogP contribution >= 0.6 is 0 Å². The van der Waals surface area contributed by atoms with Crippen molar-refractivity contribution in [2.75, 3.05) is 0 Å². The minimum absolute atomic E-state index is 0.191. The normalized spacial score (nSPS) is 26.0. The Balaban J connectivity index is 1.99. The van der Waals surface area contributed by atoms with Crippen molar-refractivity contribution in [3.05, 3.63) is 29.8 Å². The SMILES string of the molecule is Cc1cccc(OC2CCCCCCC2N)c1. The van der Waals surface area contributed by atoms with Gasteiger partial charge in [0, 0.05) is 6.04 Å². The van der Waals surface area contributed by atoms with Crippen LogP contribution in [0.15, 0.2) is 24.3 Å². The van der Waals surface area contributed by atoms with E-state index in [0.717, 1.165) is 18.6 Å². The Morgan fingerprint density at radius 3 is 2.65 bits per heavy atom. The van der Waals surface area contributed by atoms with Gasteiger partial charge in [-0.2, -0.15) is 0 Å². The summed E-state index contributed by atoms with van der Waals surface area (Å²) >= 11 is 0. The maximum Gasteiger partial charge on any atom is 0.120 e. The van der Waals surface area contributed by atoms with E-state index in [-0.39, 0.29) is 12.1 Å². The lowest BCUT2D eigenvalue weighted by Crippen LogP contribution is -2.39. The van der Waals surface area contributed by atoms with Crippen molar-refractivity contribution in [1.29, 1.82) is 0 Å². The predicted octanol–water partition coefficient (Wildman–Crippen LogP) is 3.42. The van der Waals surface area contributed by atoms with Gasteiger partial charge in [-0.05, 0) is 43.9 Å². The Morgan fingerprint density at radius 1 is 1.12 bits per heavy atom. The molecule has 0 aliphatic heterocycles. The molecular weight excluding hydrogens is 210 g/mol. The molecule has 0 heterocycles. The molecule has 1 aliphatic rings. The average molecular weight is 233 g/mol. The van der Waals surface area contributed by atoms with E-state index < -0.39 is 0 Å². The molecule has 2 heteroatoms. The molecule has 2 N–H and O–H groups in total. The smallest absolute Gasteiger partial charge is 0.120 e. The first-order chi connectivity index (χ1) is 8.25. The molecule has 1 saturated carbocycles. The highest BCUT2D eigenvalue weighted by Gasteiger charge is 2.20. The Kier molecular flexibility index (Phi) is 4.43. The van der Waals surface area contributed by atoms with E-state index in [1.807, 2.05) is 12.1 Å². The minimum Gasteiger partial charge on any atom is -0.489 e. The zero-order valence-electron chi connectivity index (χ0n) is 10.7. The zero-order valence-corrected chi connectivity index (χ0v) is 10.7. The highest BCUT2D eigenvalue weighted by Crippen LogP contribution is 2.22. The topological polar surface area (TPSA) is 35.2 Å². The van der Waals surface area contributed by atoms with Crippen LogP contribution in [0.4, 0.5) is 0 Å². The summed E-state index contributed by atoms with van der Waals surface area (Å²) in [7, 11) is 0. The van der Waals surface area contributed by atoms with Crippen LogP contribution in [0.5, 0.6) is 5.75 Å². The molecule has 1 aromatic carbocycles. The summed E-state index contributed by atoms with van der Waals surface area (Å²) in [5.41, 5.74) is 7.45. The van der Waals surface area contributed by atoms with Gasteiger partial charge >= 0.3 is 0 Å². The molecule has 94 valence electrons. The second-order valence-electron chi connectivity index (χ2n) is 5.13. The molecule has 2 nitrogen and oxygen atoms in total. The molecule has 0 amide bonds. The number of rotatable bonds is 2. The van der Waals surface area contributed by atoms with Crippen molar-refractivity contribution in [3.8, 4) is 5.75 Å². The monoisotopic (exact) mass is 233 g/mol. The van der Waals surface area contributed by atoms with Crippen molar-refractivity contribution < 1.29 is 4.74 Å².